The van der Waals surface area contributed by atoms with E-state index in [-0.39, 0.29) is 13.8 Å². The summed E-state index contributed by atoms with van der Waals surface area (Å²) in [6, 6.07) is 6.61. The molecule has 0 fully saturated rings. The van der Waals surface area contributed by atoms with Gasteiger partial charge in [0.15, 0.2) is 0 Å². The third kappa shape index (κ3) is 3.23. The molecule has 0 nitrogen and oxygen atoms in total. The van der Waals surface area contributed by atoms with Gasteiger partial charge in [0.05, 0.1) is 0 Å². The summed E-state index contributed by atoms with van der Waals surface area (Å²) in [7, 11) is 0. The predicted molar refractivity (Wildman–Crippen MR) is 64.6 cm³/mol. The Hall–Kier alpha value is -0.750. The van der Waals surface area contributed by atoms with E-state index in [4.69, 9.17) is 0 Å². The van der Waals surface area contributed by atoms with Crippen molar-refractivity contribution in [2.75, 3.05) is 0 Å². The Labute approximate surface area is 88.6 Å². The summed E-state index contributed by atoms with van der Waals surface area (Å²) in [4.78, 5) is 0. The summed E-state index contributed by atoms with van der Waals surface area (Å²) in [5.41, 5.74) is 4.14. The molecule has 0 radical (unpaired) electrons. The fraction of sp³-hybridized carbons (Fsp3) is 0.333. The maximum absolute atomic E-state index is 2.26. The lowest BCUT2D eigenvalue weighted by atomic mass is 10.0. The van der Waals surface area contributed by atoms with Gasteiger partial charge < -0.3 is 0 Å². The van der Waals surface area contributed by atoms with Crippen LogP contribution in [0.5, 0.6) is 0 Å². The highest BCUT2D eigenvalue weighted by Gasteiger charge is 1.95. The fourth-order valence-electron chi connectivity index (χ4n) is 1.38. The lowest BCUT2D eigenvalue weighted by molar-refractivity contribution is 1.12. The highest BCUT2D eigenvalue weighted by Crippen LogP contribution is 2.13. The SMILES string of the molecule is C/C=C\c1ccc(C)cc1CC.Cl.[HH]. The van der Waals surface area contributed by atoms with Crippen molar-refractivity contribution >= 4 is 18.5 Å². The van der Waals surface area contributed by atoms with E-state index in [2.05, 4.69) is 51.1 Å². The molecule has 0 atom stereocenters. The molecule has 0 saturated carbocycles. The van der Waals surface area contributed by atoms with Crippen LogP contribution in [0.3, 0.4) is 0 Å². The molecule has 0 N–H and O–H groups in total. The van der Waals surface area contributed by atoms with Crippen molar-refractivity contribution in [3.05, 3.63) is 41.0 Å². The second kappa shape index (κ2) is 5.82. The minimum absolute atomic E-state index is 0. The van der Waals surface area contributed by atoms with Crippen LogP contribution in [-0.2, 0) is 6.42 Å². The topological polar surface area (TPSA) is 0 Å². The van der Waals surface area contributed by atoms with Gasteiger partial charge in [0, 0.05) is 1.43 Å². The van der Waals surface area contributed by atoms with Gasteiger partial charge in [-0.1, -0.05) is 42.8 Å². The zero-order valence-corrected chi connectivity index (χ0v) is 9.32. The van der Waals surface area contributed by atoms with Crippen LogP contribution in [0.15, 0.2) is 24.3 Å². The summed E-state index contributed by atoms with van der Waals surface area (Å²) in [5, 5.41) is 0. The van der Waals surface area contributed by atoms with E-state index in [1.807, 2.05) is 0 Å². The van der Waals surface area contributed by atoms with E-state index in [0.717, 1.165) is 6.42 Å². The van der Waals surface area contributed by atoms with Crippen LogP contribution >= 0.6 is 12.4 Å². The minimum Gasteiger partial charge on any atom is -0.147 e. The van der Waals surface area contributed by atoms with Crippen LogP contribution in [0, 0.1) is 6.92 Å². The van der Waals surface area contributed by atoms with Crippen molar-refractivity contribution in [3.8, 4) is 0 Å². The molecular weight excluding hydrogens is 180 g/mol. The molecule has 0 aliphatic carbocycles. The first-order valence-electron chi connectivity index (χ1n) is 4.50. The van der Waals surface area contributed by atoms with Crippen LogP contribution in [0.2, 0.25) is 0 Å². The van der Waals surface area contributed by atoms with Gasteiger partial charge in [0.25, 0.3) is 0 Å². The number of hydrogen-bond donors (Lipinski definition) is 0. The van der Waals surface area contributed by atoms with Crippen LogP contribution < -0.4 is 0 Å². The van der Waals surface area contributed by atoms with Gasteiger partial charge in [-0.05, 0) is 31.4 Å². The Morgan fingerprint density at radius 2 is 2.08 bits per heavy atom. The lowest BCUT2D eigenvalue weighted by Gasteiger charge is -2.03. The third-order valence-corrected chi connectivity index (χ3v) is 2.03. The molecule has 0 amide bonds. The number of benzene rings is 1. The molecule has 0 aliphatic heterocycles. The second-order valence-electron chi connectivity index (χ2n) is 3.06. The summed E-state index contributed by atoms with van der Waals surface area (Å²) >= 11 is 0. The van der Waals surface area contributed by atoms with Crippen LogP contribution in [0.1, 0.15) is 32.0 Å². The molecular formula is C12H19Cl. The average molecular weight is 199 g/mol. The standard InChI is InChI=1S/C12H16.ClH.H2/c1-4-6-12-8-7-10(3)9-11(12)5-2;;/h4,6-9H,5H2,1-3H3;2*1H/b6-4-;;. The highest BCUT2D eigenvalue weighted by atomic mass is 35.5. The predicted octanol–water partition coefficient (Wildman–Crippen LogP) is 4.26. The van der Waals surface area contributed by atoms with Gasteiger partial charge in [-0.25, -0.2) is 0 Å². The molecule has 0 bridgehead atoms. The number of rotatable bonds is 2. The molecule has 0 aromatic heterocycles. The van der Waals surface area contributed by atoms with Crippen molar-refractivity contribution in [2.24, 2.45) is 0 Å². The van der Waals surface area contributed by atoms with E-state index >= 15 is 0 Å². The van der Waals surface area contributed by atoms with E-state index in [9.17, 15) is 0 Å². The first-order valence-corrected chi connectivity index (χ1v) is 4.50. The van der Waals surface area contributed by atoms with Gasteiger partial charge in [0.1, 0.15) is 0 Å². The maximum Gasteiger partial charge on any atom is 0 e. The molecule has 0 aliphatic rings. The quantitative estimate of drug-likeness (QED) is 0.666. The van der Waals surface area contributed by atoms with Crippen molar-refractivity contribution in [3.63, 3.8) is 0 Å². The molecule has 1 aromatic rings. The fourth-order valence-corrected chi connectivity index (χ4v) is 1.38. The molecule has 0 saturated heterocycles. The molecule has 1 heteroatoms. The van der Waals surface area contributed by atoms with Crippen LogP contribution in [-0.4, -0.2) is 0 Å². The van der Waals surface area contributed by atoms with E-state index in [1.165, 1.54) is 16.7 Å². The Morgan fingerprint density at radius 3 is 2.62 bits per heavy atom. The second-order valence-corrected chi connectivity index (χ2v) is 3.06. The molecule has 1 rings (SSSR count). The first kappa shape index (κ1) is 12.2. The van der Waals surface area contributed by atoms with E-state index in [0.29, 0.717) is 0 Å². The summed E-state index contributed by atoms with van der Waals surface area (Å²) in [6.07, 6.45) is 5.36. The zero-order valence-electron chi connectivity index (χ0n) is 8.50. The molecule has 74 valence electrons. The van der Waals surface area contributed by atoms with E-state index < -0.39 is 0 Å². The van der Waals surface area contributed by atoms with Gasteiger partial charge in [0.2, 0.25) is 0 Å². The van der Waals surface area contributed by atoms with Gasteiger partial charge >= 0.3 is 0 Å². The highest BCUT2D eigenvalue weighted by molar-refractivity contribution is 5.85. The normalized spacial score (nSPS) is 10.1. The van der Waals surface area contributed by atoms with Gasteiger partial charge in [-0.2, -0.15) is 0 Å². The average Bonchev–Trinajstić information content (AvgIpc) is 2.08. The van der Waals surface area contributed by atoms with Crippen molar-refractivity contribution < 1.29 is 1.43 Å². The Morgan fingerprint density at radius 1 is 1.38 bits per heavy atom. The number of hydrogen-bond acceptors (Lipinski definition) is 0. The maximum atomic E-state index is 2.26. The molecule has 0 unspecified atom stereocenters. The number of halogens is 1. The number of allylic oxidation sites excluding steroid dienone is 1. The zero-order chi connectivity index (χ0) is 8.97. The first-order chi connectivity index (χ1) is 5.77. The number of aryl methyl sites for hydroxylation is 2. The van der Waals surface area contributed by atoms with E-state index in [1.54, 1.807) is 0 Å². The van der Waals surface area contributed by atoms with Crippen molar-refractivity contribution in [1.82, 2.24) is 0 Å². The minimum atomic E-state index is 0. The van der Waals surface area contributed by atoms with Crippen LogP contribution in [0.25, 0.3) is 6.08 Å². The summed E-state index contributed by atoms with van der Waals surface area (Å²) in [5.74, 6) is 0. The third-order valence-electron chi connectivity index (χ3n) is 2.03. The Balaban J connectivity index is 0. The van der Waals surface area contributed by atoms with Gasteiger partial charge in [-0.15, -0.1) is 12.4 Å². The molecule has 13 heavy (non-hydrogen) atoms. The largest absolute Gasteiger partial charge is 0.147 e. The smallest absolute Gasteiger partial charge is 0 e. The summed E-state index contributed by atoms with van der Waals surface area (Å²) < 4.78 is 0. The summed E-state index contributed by atoms with van der Waals surface area (Å²) in [6.45, 7) is 6.39. The lowest BCUT2D eigenvalue weighted by Crippen LogP contribution is -1.86. The van der Waals surface area contributed by atoms with Crippen molar-refractivity contribution in [2.45, 2.75) is 27.2 Å². The monoisotopic (exact) mass is 198 g/mol. The van der Waals surface area contributed by atoms with Crippen molar-refractivity contribution in [1.29, 1.82) is 0 Å². The van der Waals surface area contributed by atoms with Gasteiger partial charge in [-0.3, -0.25) is 0 Å². The molecule has 1 aromatic carbocycles. The Kier molecular flexibility index (Phi) is 5.48. The molecule has 0 heterocycles. The molecule has 0 spiro atoms. The Bertz CT molecular complexity index is 292. The van der Waals surface area contributed by atoms with Crippen LogP contribution in [0.4, 0.5) is 0 Å².